The van der Waals surface area contributed by atoms with Crippen LogP contribution in [0.5, 0.6) is 6.01 Å². The monoisotopic (exact) mass is 411 g/mol. The summed E-state index contributed by atoms with van der Waals surface area (Å²) < 4.78 is 12.7. The van der Waals surface area contributed by atoms with Crippen molar-refractivity contribution in [2.24, 2.45) is 0 Å². The Morgan fingerprint density at radius 3 is 2.47 bits per heavy atom. The van der Waals surface area contributed by atoms with Crippen LogP contribution in [-0.4, -0.2) is 56.8 Å². The van der Waals surface area contributed by atoms with Gasteiger partial charge < -0.3 is 14.5 Å². The van der Waals surface area contributed by atoms with Crippen LogP contribution in [0.25, 0.3) is 11.2 Å². The van der Waals surface area contributed by atoms with Gasteiger partial charge in [0.1, 0.15) is 12.1 Å². The van der Waals surface area contributed by atoms with Gasteiger partial charge in [0.05, 0.1) is 25.5 Å². The second-order valence-corrected chi connectivity index (χ2v) is 7.97. The Morgan fingerprint density at radius 1 is 1.07 bits per heavy atom. The number of nitrogens with zero attached hydrogens (tertiary/aromatic N) is 4. The summed E-state index contributed by atoms with van der Waals surface area (Å²) in [7, 11) is 0. The van der Waals surface area contributed by atoms with Crippen LogP contribution in [0.3, 0.4) is 0 Å². The smallest absolute Gasteiger partial charge is 0.328 e. The van der Waals surface area contributed by atoms with Crippen LogP contribution in [0.15, 0.2) is 35.3 Å². The van der Waals surface area contributed by atoms with E-state index in [9.17, 15) is 4.79 Å². The fourth-order valence-corrected chi connectivity index (χ4v) is 3.69. The first kappa shape index (κ1) is 20.6. The third-order valence-electron chi connectivity index (χ3n) is 5.22. The van der Waals surface area contributed by atoms with Crippen LogP contribution >= 0.6 is 0 Å². The average molecular weight is 412 g/mol. The highest BCUT2D eigenvalue weighted by atomic mass is 16.5. The summed E-state index contributed by atoms with van der Waals surface area (Å²) >= 11 is 0. The van der Waals surface area contributed by atoms with E-state index >= 15 is 0 Å². The number of benzene rings is 1. The van der Waals surface area contributed by atoms with Crippen molar-refractivity contribution in [3.8, 4) is 6.01 Å². The lowest BCUT2D eigenvalue weighted by Crippen LogP contribution is -2.19. The largest absolute Gasteiger partial charge is 0.461 e. The first-order valence-corrected chi connectivity index (χ1v) is 10.6. The fraction of sp³-hybridized carbons (Fsp3) is 0.500. The summed E-state index contributed by atoms with van der Waals surface area (Å²) in [6, 6.07) is 8.69. The molecule has 1 saturated heterocycles. The van der Waals surface area contributed by atoms with Gasteiger partial charge in [0.15, 0.2) is 5.65 Å². The second kappa shape index (κ2) is 9.40. The van der Waals surface area contributed by atoms with Crippen LogP contribution in [0.1, 0.15) is 37.8 Å². The Bertz CT molecular complexity index is 1020. The topological polar surface area (TPSA) is 85.3 Å². The molecule has 4 rings (SSSR count). The van der Waals surface area contributed by atoms with E-state index in [0.717, 1.165) is 12.1 Å². The van der Waals surface area contributed by atoms with Crippen molar-refractivity contribution in [2.75, 3.05) is 26.3 Å². The number of fused-ring (bicyclic) bond motifs is 1. The summed E-state index contributed by atoms with van der Waals surface area (Å²) in [5.74, 6) is 0. The van der Waals surface area contributed by atoms with Gasteiger partial charge in [0.25, 0.3) is 0 Å². The molecular weight excluding hydrogens is 382 g/mol. The summed E-state index contributed by atoms with van der Waals surface area (Å²) in [5.41, 5.74) is 3.27. The first-order chi connectivity index (χ1) is 14.6. The zero-order valence-electron chi connectivity index (χ0n) is 17.6. The number of nitrogens with one attached hydrogen (secondary N) is 1. The number of imidazole rings is 1. The van der Waals surface area contributed by atoms with Crippen LogP contribution in [0.2, 0.25) is 0 Å². The molecule has 0 spiro atoms. The van der Waals surface area contributed by atoms with Crippen LogP contribution in [-0.2, 0) is 17.8 Å². The van der Waals surface area contributed by atoms with Gasteiger partial charge in [-0.2, -0.15) is 4.98 Å². The minimum absolute atomic E-state index is 0.147. The number of aromatic nitrogens is 4. The maximum absolute atomic E-state index is 12.5. The lowest BCUT2D eigenvalue weighted by Gasteiger charge is -2.14. The number of hydrogen-bond acceptors (Lipinski definition) is 6. The highest BCUT2D eigenvalue weighted by Crippen LogP contribution is 2.15. The molecule has 0 unspecified atom stereocenters. The van der Waals surface area contributed by atoms with Crippen molar-refractivity contribution in [3.05, 3.63) is 52.1 Å². The maximum atomic E-state index is 12.5. The molecule has 8 heteroatoms. The predicted octanol–water partition coefficient (Wildman–Crippen LogP) is 2.57. The van der Waals surface area contributed by atoms with Crippen LogP contribution in [0, 0.1) is 0 Å². The molecule has 160 valence electrons. The molecule has 0 aliphatic carbocycles. The van der Waals surface area contributed by atoms with Crippen LogP contribution < -0.4 is 10.4 Å². The third-order valence-corrected chi connectivity index (χ3v) is 5.22. The molecule has 1 fully saturated rings. The normalized spacial score (nSPS) is 14.8. The van der Waals surface area contributed by atoms with Crippen molar-refractivity contribution in [2.45, 2.75) is 45.9 Å². The van der Waals surface area contributed by atoms with Gasteiger partial charge >= 0.3 is 11.7 Å². The number of ether oxygens (including phenoxy) is 2. The predicted molar refractivity (Wildman–Crippen MR) is 115 cm³/mol. The summed E-state index contributed by atoms with van der Waals surface area (Å²) in [4.78, 5) is 26.3. The van der Waals surface area contributed by atoms with Crippen molar-refractivity contribution in [3.63, 3.8) is 0 Å². The Hall–Kier alpha value is -2.71. The first-order valence-electron chi connectivity index (χ1n) is 10.6. The number of rotatable bonds is 9. The Labute approximate surface area is 175 Å². The molecule has 1 aliphatic heterocycles. The van der Waals surface area contributed by atoms with Gasteiger partial charge in [0, 0.05) is 6.54 Å². The van der Waals surface area contributed by atoms with Gasteiger partial charge in [-0.05, 0) is 50.9 Å². The molecule has 0 bridgehead atoms. The van der Waals surface area contributed by atoms with Crippen molar-refractivity contribution in [1.82, 2.24) is 24.4 Å². The van der Waals surface area contributed by atoms with E-state index in [4.69, 9.17) is 9.47 Å². The highest BCUT2D eigenvalue weighted by Gasteiger charge is 2.13. The molecule has 0 radical (unpaired) electrons. The Morgan fingerprint density at radius 2 is 1.77 bits per heavy atom. The molecule has 0 amide bonds. The molecule has 1 N–H and O–H groups in total. The summed E-state index contributed by atoms with van der Waals surface area (Å²) in [6.45, 7) is 8.55. The Balaban J connectivity index is 1.45. The third kappa shape index (κ3) is 5.06. The van der Waals surface area contributed by atoms with Gasteiger partial charge in [-0.15, -0.1) is 0 Å². The molecule has 1 aromatic carbocycles. The average Bonchev–Trinajstić information content (AvgIpc) is 3.34. The number of likely N-dealkylation sites (tertiary alicyclic amines) is 1. The molecule has 0 atom stereocenters. The lowest BCUT2D eigenvalue weighted by molar-refractivity contribution is 0.0532. The highest BCUT2D eigenvalue weighted by molar-refractivity contribution is 5.69. The quantitative estimate of drug-likeness (QED) is 0.545. The van der Waals surface area contributed by atoms with Gasteiger partial charge in [-0.3, -0.25) is 9.47 Å². The maximum Gasteiger partial charge on any atom is 0.328 e. The van der Waals surface area contributed by atoms with E-state index in [1.54, 1.807) is 10.8 Å². The molecule has 3 aromatic rings. The molecule has 3 heterocycles. The lowest BCUT2D eigenvalue weighted by atomic mass is 10.1. The number of aromatic amines is 1. The van der Waals surface area contributed by atoms with Crippen molar-refractivity contribution >= 4 is 11.2 Å². The van der Waals surface area contributed by atoms with E-state index < -0.39 is 0 Å². The van der Waals surface area contributed by atoms with Gasteiger partial charge in [0.2, 0.25) is 0 Å². The zero-order chi connectivity index (χ0) is 20.9. The Kier molecular flexibility index (Phi) is 6.44. The number of H-pyrrole nitrogens is 1. The van der Waals surface area contributed by atoms with Crippen molar-refractivity contribution in [1.29, 1.82) is 0 Å². The molecule has 1 aliphatic rings. The van der Waals surface area contributed by atoms with E-state index in [1.807, 2.05) is 13.8 Å². The number of hydrogen-bond donors (Lipinski definition) is 1. The molecule has 0 saturated carbocycles. The summed E-state index contributed by atoms with van der Waals surface area (Å²) in [6.07, 6.45) is 4.31. The van der Waals surface area contributed by atoms with Crippen LogP contribution in [0.4, 0.5) is 0 Å². The van der Waals surface area contributed by atoms with Gasteiger partial charge in [-0.25, -0.2) is 9.78 Å². The van der Waals surface area contributed by atoms with E-state index in [0.29, 0.717) is 30.9 Å². The minimum atomic E-state index is -0.208. The fourth-order valence-electron chi connectivity index (χ4n) is 3.69. The summed E-state index contributed by atoms with van der Waals surface area (Å²) in [5, 5.41) is 0. The molecule has 8 nitrogen and oxygen atoms in total. The SMILES string of the molecule is CC(C)OCCOc1ncc2[nH]c(=O)n(Cc3ccc(CN4CCCC4)cc3)c2n1. The van der Waals surface area contributed by atoms with Crippen molar-refractivity contribution < 1.29 is 9.47 Å². The zero-order valence-corrected chi connectivity index (χ0v) is 17.6. The van der Waals surface area contributed by atoms with E-state index in [2.05, 4.69) is 44.1 Å². The standard InChI is InChI=1S/C22H29N5O3/c1-16(2)29-11-12-30-21-23-13-19-20(25-21)27(22(28)24-19)15-18-7-5-17(6-8-18)14-26-9-3-4-10-26/h5-8,13,16H,3-4,9-12,14-15H2,1-2H3,(H,24,28). The van der Waals surface area contributed by atoms with E-state index in [-0.39, 0.29) is 17.8 Å². The van der Waals surface area contributed by atoms with Gasteiger partial charge in [-0.1, -0.05) is 24.3 Å². The minimum Gasteiger partial charge on any atom is -0.461 e. The second-order valence-electron chi connectivity index (χ2n) is 7.97. The molecule has 30 heavy (non-hydrogen) atoms. The molecule has 2 aromatic heterocycles. The molecular formula is C22H29N5O3. The van der Waals surface area contributed by atoms with E-state index in [1.165, 1.54) is 31.5 Å².